The summed E-state index contributed by atoms with van der Waals surface area (Å²) < 4.78 is 46.4. The molecule has 0 aliphatic heterocycles. The number of hydrogen-bond acceptors (Lipinski definition) is 2. The summed E-state index contributed by atoms with van der Waals surface area (Å²) in [5.41, 5.74) is -2.51. The van der Waals surface area contributed by atoms with Crippen LogP contribution in [0.5, 0.6) is 5.75 Å². The topological polar surface area (TPSA) is 38.3 Å². The smallest absolute Gasteiger partial charge is 0.415 e. The Bertz CT molecular complexity index is 734. The molecule has 1 N–H and O–H groups in total. The van der Waals surface area contributed by atoms with Gasteiger partial charge in [-0.3, -0.25) is 4.79 Å². The molecule has 1 amide bonds. The van der Waals surface area contributed by atoms with Gasteiger partial charge in [-0.1, -0.05) is 30.3 Å². The number of nitrogens with one attached hydrogen (secondary N) is 1. The van der Waals surface area contributed by atoms with Crippen molar-refractivity contribution in [3.05, 3.63) is 64.1 Å². The fourth-order valence-corrected chi connectivity index (χ4v) is 2.60. The lowest BCUT2D eigenvalue weighted by Crippen LogP contribution is -2.54. The Kier molecular flexibility index (Phi) is 5.22. The zero-order chi connectivity index (χ0) is 18.0. The minimum atomic E-state index is -4.67. The summed E-state index contributed by atoms with van der Waals surface area (Å²) >= 11 is 3.18. The minimum Gasteiger partial charge on any atom is -0.497 e. The Morgan fingerprint density at radius 2 is 1.75 bits per heavy atom. The van der Waals surface area contributed by atoms with Gasteiger partial charge in [0.1, 0.15) is 5.75 Å². The number of benzene rings is 2. The van der Waals surface area contributed by atoms with Crippen molar-refractivity contribution in [3.8, 4) is 5.75 Å². The summed E-state index contributed by atoms with van der Waals surface area (Å²) in [5, 5.41) is 2.11. The fraction of sp³-hybridized carbons (Fsp3) is 0.235. The van der Waals surface area contributed by atoms with Gasteiger partial charge in [-0.2, -0.15) is 13.2 Å². The Hall–Kier alpha value is -2.02. The lowest BCUT2D eigenvalue weighted by molar-refractivity contribution is -0.192. The maximum atomic E-state index is 13.7. The summed E-state index contributed by atoms with van der Waals surface area (Å²) in [6.45, 7) is 0.939. The number of ether oxygens (including phenoxy) is 1. The maximum Gasteiger partial charge on any atom is 0.415 e. The normalized spacial score (nSPS) is 13.9. The highest BCUT2D eigenvalue weighted by atomic mass is 79.9. The molecule has 0 aliphatic rings. The van der Waals surface area contributed by atoms with Crippen LogP contribution in [0.15, 0.2) is 53.0 Å². The van der Waals surface area contributed by atoms with Gasteiger partial charge in [-0.25, -0.2) is 0 Å². The second-order valence-electron chi connectivity index (χ2n) is 5.29. The third-order valence-electron chi connectivity index (χ3n) is 3.70. The van der Waals surface area contributed by atoms with Crippen molar-refractivity contribution in [2.75, 3.05) is 7.11 Å². The summed E-state index contributed by atoms with van der Waals surface area (Å²) in [5.74, 6) is -0.485. The minimum absolute atomic E-state index is 0.0510. The largest absolute Gasteiger partial charge is 0.497 e. The molecule has 3 nitrogen and oxygen atoms in total. The molecular weight excluding hydrogens is 387 g/mol. The van der Waals surface area contributed by atoms with E-state index in [-0.39, 0.29) is 11.1 Å². The van der Waals surface area contributed by atoms with E-state index in [9.17, 15) is 18.0 Å². The van der Waals surface area contributed by atoms with Crippen LogP contribution in [0.3, 0.4) is 0 Å². The van der Waals surface area contributed by atoms with Crippen LogP contribution in [0, 0.1) is 0 Å². The van der Waals surface area contributed by atoms with Gasteiger partial charge in [-0.15, -0.1) is 0 Å². The van der Waals surface area contributed by atoms with Gasteiger partial charge in [0.15, 0.2) is 5.54 Å². The molecule has 24 heavy (non-hydrogen) atoms. The van der Waals surface area contributed by atoms with Crippen LogP contribution in [-0.4, -0.2) is 19.2 Å². The van der Waals surface area contributed by atoms with E-state index < -0.39 is 17.6 Å². The van der Waals surface area contributed by atoms with E-state index in [2.05, 4.69) is 21.2 Å². The van der Waals surface area contributed by atoms with Gasteiger partial charge < -0.3 is 10.1 Å². The molecule has 0 heterocycles. The molecule has 0 saturated heterocycles. The van der Waals surface area contributed by atoms with Crippen LogP contribution in [-0.2, 0) is 5.54 Å². The van der Waals surface area contributed by atoms with Gasteiger partial charge in [0.2, 0.25) is 0 Å². The monoisotopic (exact) mass is 401 g/mol. The SMILES string of the molecule is COc1ccc(Br)c(C(=O)NC(C)(c2ccccc2)C(F)(F)F)c1. The number of amides is 1. The third kappa shape index (κ3) is 3.56. The molecule has 2 rings (SSSR count). The first kappa shape index (κ1) is 18.3. The Morgan fingerprint density at radius 1 is 1.12 bits per heavy atom. The van der Waals surface area contributed by atoms with Crippen LogP contribution in [0.2, 0.25) is 0 Å². The summed E-state index contributed by atoms with van der Waals surface area (Å²) in [6.07, 6.45) is -4.67. The first-order valence-electron chi connectivity index (χ1n) is 6.97. The molecule has 2 aromatic rings. The molecule has 1 atom stereocenters. The van der Waals surface area contributed by atoms with Crippen molar-refractivity contribution in [2.45, 2.75) is 18.6 Å². The summed E-state index contributed by atoms with van der Waals surface area (Å²) in [6, 6.07) is 11.8. The predicted octanol–water partition coefficient (Wildman–Crippen LogP) is 4.67. The van der Waals surface area contributed by atoms with Crippen LogP contribution in [0.25, 0.3) is 0 Å². The summed E-state index contributed by atoms with van der Waals surface area (Å²) in [4.78, 5) is 12.5. The first-order chi connectivity index (χ1) is 11.2. The average molecular weight is 402 g/mol. The van der Waals surface area contributed by atoms with E-state index in [1.165, 1.54) is 37.4 Å². The van der Waals surface area contributed by atoms with Gasteiger partial charge >= 0.3 is 6.18 Å². The average Bonchev–Trinajstić information content (AvgIpc) is 2.54. The Balaban J connectivity index is 2.43. The second kappa shape index (κ2) is 6.84. The van der Waals surface area contributed by atoms with Crippen molar-refractivity contribution in [1.82, 2.24) is 5.32 Å². The van der Waals surface area contributed by atoms with Crippen molar-refractivity contribution < 1.29 is 22.7 Å². The van der Waals surface area contributed by atoms with Gasteiger partial charge in [-0.05, 0) is 46.6 Å². The Labute approximate surface area is 146 Å². The van der Waals surface area contributed by atoms with E-state index in [1.807, 2.05) is 0 Å². The van der Waals surface area contributed by atoms with Crippen molar-refractivity contribution in [1.29, 1.82) is 0 Å². The van der Waals surface area contributed by atoms with E-state index in [0.29, 0.717) is 10.2 Å². The van der Waals surface area contributed by atoms with E-state index in [4.69, 9.17) is 4.74 Å². The number of carbonyl (C=O) groups excluding carboxylic acids is 1. The molecule has 2 aromatic carbocycles. The molecule has 0 bridgehead atoms. The zero-order valence-electron chi connectivity index (χ0n) is 12.9. The zero-order valence-corrected chi connectivity index (χ0v) is 14.5. The van der Waals surface area contributed by atoms with E-state index >= 15 is 0 Å². The lowest BCUT2D eigenvalue weighted by atomic mass is 9.90. The highest BCUT2D eigenvalue weighted by Gasteiger charge is 2.53. The predicted molar refractivity (Wildman–Crippen MR) is 88.0 cm³/mol. The van der Waals surface area contributed by atoms with Crippen molar-refractivity contribution in [3.63, 3.8) is 0 Å². The number of halogens is 4. The van der Waals surface area contributed by atoms with Crippen molar-refractivity contribution >= 4 is 21.8 Å². The van der Waals surface area contributed by atoms with Gasteiger partial charge in [0, 0.05) is 4.47 Å². The van der Waals surface area contributed by atoms with E-state index in [1.54, 1.807) is 18.2 Å². The number of methoxy groups -OCH3 is 1. The number of carbonyl (C=O) groups is 1. The van der Waals surface area contributed by atoms with Crippen LogP contribution in [0.1, 0.15) is 22.8 Å². The molecule has 0 spiro atoms. The fourth-order valence-electron chi connectivity index (χ4n) is 2.18. The van der Waals surface area contributed by atoms with Crippen LogP contribution >= 0.6 is 15.9 Å². The molecule has 0 aromatic heterocycles. The molecule has 7 heteroatoms. The standard InChI is InChI=1S/C17H15BrF3NO2/c1-16(17(19,20)21,11-6-4-3-5-7-11)22-15(23)13-10-12(24-2)8-9-14(13)18/h3-10H,1-2H3,(H,22,23). The quantitative estimate of drug-likeness (QED) is 0.808. The summed E-state index contributed by atoms with van der Waals surface area (Å²) in [7, 11) is 1.41. The first-order valence-corrected chi connectivity index (χ1v) is 7.76. The molecule has 1 unspecified atom stereocenters. The maximum absolute atomic E-state index is 13.7. The van der Waals surface area contributed by atoms with Crippen LogP contribution < -0.4 is 10.1 Å². The third-order valence-corrected chi connectivity index (χ3v) is 4.39. The second-order valence-corrected chi connectivity index (χ2v) is 6.14. The molecule has 128 valence electrons. The van der Waals surface area contributed by atoms with Crippen LogP contribution in [0.4, 0.5) is 13.2 Å². The lowest BCUT2D eigenvalue weighted by Gasteiger charge is -2.33. The van der Waals surface area contributed by atoms with Gasteiger partial charge in [0.05, 0.1) is 12.7 Å². The van der Waals surface area contributed by atoms with E-state index in [0.717, 1.165) is 6.92 Å². The Morgan fingerprint density at radius 3 is 2.29 bits per heavy atom. The number of hydrogen-bond donors (Lipinski definition) is 1. The molecular formula is C17H15BrF3NO2. The molecule has 0 aliphatic carbocycles. The highest BCUT2D eigenvalue weighted by Crippen LogP contribution is 2.39. The molecule has 0 saturated carbocycles. The van der Waals surface area contributed by atoms with Crippen molar-refractivity contribution in [2.24, 2.45) is 0 Å². The van der Waals surface area contributed by atoms with Gasteiger partial charge in [0.25, 0.3) is 5.91 Å². The number of rotatable bonds is 4. The molecule has 0 radical (unpaired) electrons. The molecule has 0 fully saturated rings. The highest BCUT2D eigenvalue weighted by molar-refractivity contribution is 9.10. The number of alkyl halides is 3.